The van der Waals surface area contributed by atoms with Gasteiger partial charge in [-0.1, -0.05) is 6.07 Å². The normalized spacial score (nSPS) is 21.7. The smallest absolute Gasteiger partial charge is 0.315 e. The number of methoxy groups -OCH3 is 1. The second-order valence-electron chi connectivity index (χ2n) is 5.80. The van der Waals surface area contributed by atoms with Gasteiger partial charge >= 0.3 is 6.03 Å². The van der Waals surface area contributed by atoms with Crippen LogP contribution in [0.15, 0.2) is 18.3 Å². The SMILES string of the molecule is COc1ncccc1CNC(=O)NCCN1C[C@@H](C)O[C@@H](C)C1. The minimum absolute atomic E-state index is 0.190. The Bertz CT molecular complexity index is 502. The summed E-state index contributed by atoms with van der Waals surface area (Å²) in [5.74, 6) is 0.532. The van der Waals surface area contributed by atoms with Crippen LogP contribution < -0.4 is 15.4 Å². The van der Waals surface area contributed by atoms with Crippen molar-refractivity contribution in [3.05, 3.63) is 23.9 Å². The lowest BCUT2D eigenvalue weighted by Gasteiger charge is -2.35. The Balaban J connectivity index is 1.67. The van der Waals surface area contributed by atoms with E-state index in [-0.39, 0.29) is 18.2 Å². The van der Waals surface area contributed by atoms with E-state index in [1.54, 1.807) is 13.3 Å². The highest BCUT2D eigenvalue weighted by Gasteiger charge is 2.21. The van der Waals surface area contributed by atoms with Gasteiger partial charge in [0.1, 0.15) is 0 Å². The van der Waals surface area contributed by atoms with Crippen molar-refractivity contribution in [2.75, 3.05) is 33.3 Å². The topological polar surface area (TPSA) is 75.7 Å². The number of nitrogens with one attached hydrogen (secondary N) is 2. The molecule has 1 aliphatic heterocycles. The average Bonchev–Trinajstić information content (AvgIpc) is 2.52. The maximum atomic E-state index is 11.9. The molecule has 0 aliphatic carbocycles. The number of morpholine rings is 1. The molecule has 2 N–H and O–H groups in total. The zero-order chi connectivity index (χ0) is 16.7. The number of hydrogen-bond donors (Lipinski definition) is 2. The maximum Gasteiger partial charge on any atom is 0.315 e. The van der Waals surface area contributed by atoms with Crippen LogP contribution in [0, 0.1) is 0 Å². The monoisotopic (exact) mass is 322 g/mol. The quantitative estimate of drug-likeness (QED) is 0.817. The highest BCUT2D eigenvalue weighted by atomic mass is 16.5. The Hall–Kier alpha value is -1.86. The number of hydrogen-bond acceptors (Lipinski definition) is 5. The second-order valence-corrected chi connectivity index (χ2v) is 5.80. The molecular formula is C16H26N4O3. The van der Waals surface area contributed by atoms with Crippen LogP contribution in [0.25, 0.3) is 0 Å². The van der Waals surface area contributed by atoms with Crippen molar-refractivity contribution in [3.8, 4) is 5.88 Å². The van der Waals surface area contributed by atoms with Crippen LogP contribution in [0.2, 0.25) is 0 Å². The molecule has 1 fully saturated rings. The van der Waals surface area contributed by atoms with E-state index in [0.29, 0.717) is 19.0 Å². The molecule has 1 saturated heterocycles. The van der Waals surface area contributed by atoms with Gasteiger partial charge in [-0.2, -0.15) is 0 Å². The lowest BCUT2D eigenvalue weighted by molar-refractivity contribution is -0.0672. The molecule has 23 heavy (non-hydrogen) atoms. The van der Waals surface area contributed by atoms with Gasteiger partial charge in [-0.05, 0) is 19.9 Å². The van der Waals surface area contributed by atoms with E-state index in [1.165, 1.54) is 0 Å². The van der Waals surface area contributed by atoms with E-state index >= 15 is 0 Å². The number of pyridine rings is 1. The minimum atomic E-state index is -0.190. The van der Waals surface area contributed by atoms with E-state index in [9.17, 15) is 4.79 Å². The van der Waals surface area contributed by atoms with Crippen molar-refractivity contribution < 1.29 is 14.3 Å². The van der Waals surface area contributed by atoms with Crippen LogP contribution in [-0.4, -0.2) is 61.4 Å². The Kier molecular flexibility index (Phi) is 6.61. The highest BCUT2D eigenvalue weighted by molar-refractivity contribution is 5.73. The summed E-state index contributed by atoms with van der Waals surface area (Å²) in [6.07, 6.45) is 2.14. The molecule has 7 nitrogen and oxygen atoms in total. The fraction of sp³-hybridized carbons (Fsp3) is 0.625. The van der Waals surface area contributed by atoms with Crippen LogP contribution >= 0.6 is 0 Å². The van der Waals surface area contributed by atoms with Crippen LogP contribution in [0.5, 0.6) is 5.88 Å². The first-order chi connectivity index (χ1) is 11.1. The van der Waals surface area contributed by atoms with Crippen molar-refractivity contribution in [1.82, 2.24) is 20.5 Å². The molecule has 1 aliphatic rings. The van der Waals surface area contributed by atoms with Crippen molar-refractivity contribution in [2.24, 2.45) is 0 Å². The summed E-state index contributed by atoms with van der Waals surface area (Å²) in [5, 5.41) is 5.69. The molecule has 2 rings (SSSR count). The molecular weight excluding hydrogens is 296 g/mol. The van der Waals surface area contributed by atoms with E-state index in [1.807, 2.05) is 12.1 Å². The van der Waals surface area contributed by atoms with Crippen molar-refractivity contribution in [1.29, 1.82) is 0 Å². The minimum Gasteiger partial charge on any atom is -0.481 e. The molecule has 0 spiro atoms. The van der Waals surface area contributed by atoms with Gasteiger partial charge in [0.15, 0.2) is 0 Å². The van der Waals surface area contributed by atoms with E-state index < -0.39 is 0 Å². The molecule has 0 unspecified atom stereocenters. The Morgan fingerprint density at radius 1 is 1.39 bits per heavy atom. The van der Waals surface area contributed by atoms with Gasteiger partial charge in [-0.25, -0.2) is 9.78 Å². The molecule has 0 radical (unpaired) electrons. The summed E-state index contributed by atoms with van der Waals surface area (Å²) in [6.45, 7) is 7.76. The first kappa shape index (κ1) is 17.5. The van der Waals surface area contributed by atoms with E-state index in [2.05, 4.69) is 34.4 Å². The molecule has 0 saturated carbocycles. The number of amides is 2. The number of nitrogens with zero attached hydrogens (tertiary/aromatic N) is 2. The third kappa shape index (κ3) is 5.69. The lowest BCUT2D eigenvalue weighted by Crippen LogP contribution is -2.48. The average molecular weight is 322 g/mol. The zero-order valence-electron chi connectivity index (χ0n) is 14.0. The van der Waals surface area contributed by atoms with Crippen LogP contribution in [0.3, 0.4) is 0 Å². The zero-order valence-corrected chi connectivity index (χ0v) is 14.0. The van der Waals surface area contributed by atoms with Gasteiger partial charge in [-0.3, -0.25) is 4.90 Å². The predicted molar refractivity (Wildman–Crippen MR) is 87.5 cm³/mol. The summed E-state index contributed by atoms with van der Waals surface area (Å²) >= 11 is 0. The third-order valence-electron chi connectivity index (χ3n) is 3.69. The van der Waals surface area contributed by atoms with E-state index in [4.69, 9.17) is 9.47 Å². The van der Waals surface area contributed by atoms with Gasteiger partial charge in [0.25, 0.3) is 0 Å². The molecule has 1 aromatic rings. The van der Waals surface area contributed by atoms with Gasteiger partial charge in [0, 0.05) is 44.5 Å². The number of rotatable bonds is 6. The van der Waals surface area contributed by atoms with Gasteiger partial charge in [0.2, 0.25) is 5.88 Å². The number of ether oxygens (including phenoxy) is 2. The number of urea groups is 1. The molecule has 128 valence electrons. The predicted octanol–water partition coefficient (Wildman–Crippen LogP) is 0.999. The number of carbonyl (C=O) groups is 1. The molecule has 0 aromatic carbocycles. The third-order valence-corrected chi connectivity index (χ3v) is 3.69. The Morgan fingerprint density at radius 2 is 2.13 bits per heavy atom. The Morgan fingerprint density at radius 3 is 2.83 bits per heavy atom. The second kappa shape index (κ2) is 8.69. The molecule has 2 atom stereocenters. The molecule has 0 bridgehead atoms. The van der Waals surface area contributed by atoms with Gasteiger partial charge in [0.05, 0.1) is 19.3 Å². The number of aromatic nitrogens is 1. The summed E-state index contributed by atoms with van der Waals surface area (Å²) in [4.78, 5) is 18.3. The van der Waals surface area contributed by atoms with Crippen LogP contribution in [0.4, 0.5) is 4.79 Å². The summed E-state index contributed by atoms with van der Waals surface area (Å²) in [5.41, 5.74) is 0.848. The largest absolute Gasteiger partial charge is 0.481 e. The molecule has 2 heterocycles. The highest BCUT2D eigenvalue weighted by Crippen LogP contribution is 2.12. The molecule has 7 heteroatoms. The summed E-state index contributed by atoms with van der Waals surface area (Å²) in [6, 6.07) is 3.51. The molecule has 2 amide bonds. The first-order valence-corrected chi connectivity index (χ1v) is 7.96. The summed E-state index contributed by atoms with van der Waals surface area (Å²) < 4.78 is 10.9. The lowest BCUT2D eigenvalue weighted by atomic mass is 10.2. The standard InChI is InChI=1S/C16H26N4O3/c1-12-10-20(11-13(2)23-12)8-7-18-16(21)19-9-14-5-4-6-17-15(14)22-3/h4-6,12-13H,7-11H2,1-3H3,(H2,18,19,21)/t12-,13+. The van der Waals surface area contributed by atoms with Crippen molar-refractivity contribution in [3.63, 3.8) is 0 Å². The Labute approximate surface area is 137 Å². The van der Waals surface area contributed by atoms with E-state index in [0.717, 1.165) is 25.2 Å². The van der Waals surface area contributed by atoms with Crippen molar-refractivity contribution in [2.45, 2.75) is 32.6 Å². The fourth-order valence-corrected chi connectivity index (χ4v) is 2.77. The molecule has 1 aromatic heterocycles. The fourth-order valence-electron chi connectivity index (χ4n) is 2.77. The van der Waals surface area contributed by atoms with Crippen LogP contribution in [0.1, 0.15) is 19.4 Å². The van der Waals surface area contributed by atoms with Gasteiger partial charge < -0.3 is 20.1 Å². The van der Waals surface area contributed by atoms with Gasteiger partial charge in [-0.15, -0.1) is 0 Å². The van der Waals surface area contributed by atoms with Crippen molar-refractivity contribution >= 4 is 6.03 Å². The summed E-state index contributed by atoms with van der Waals surface area (Å²) in [7, 11) is 1.57. The first-order valence-electron chi connectivity index (χ1n) is 7.96. The van der Waals surface area contributed by atoms with Crippen LogP contribution in [-0.2, 0) is 11.3 Å². The number of carbonyl (C=O) groups excluding carboxylic acids is 1. The maximum absolute atomic E-state index is 11.9.